The monoisotopic (exact) mass is 459 g/mol. The van der Waals surface area contributed by atoms with Gasteiger partial charge in [-0.1, -0.05) is 36.4 Å². The molecule has 0 N–H and O–H groups in total. The number of hydrogen-bond acceptors (Lipinski definition) is 4. The molecule has 0 unspecified atom stereocenters. The summed E-state index contributed by atoms with van der Waals surface area (Å²) in [4.78, 5) is 19.2. The minimum absolute atomic E-state index is 0.0896. The van der Waals surface area contributed by atoms with E-state index < -0.39 is 5.82 Å². The Labute approximate surface area is 197 Å². The molecule has 1 aliphatic rings. The van der Waals surface area contributed by atoms with E-state index in [4.69, 9.17) is 14.5 Å². The first kappa shape index (κ1) is 21.9. The summed E-state index contributed by atoms with van der Waals surface area (Å²) in [6, 6.07) is 21.9. The first-order valence-electron chi connectivity index (χ1n) is 11.4. The van der Waals surface area contributed by atoms with Gasteiger partial charge in [0.05, 0.1) is 30.4 Å². The molecule has 0 bridgehead atoms. The zero-order valence-corrected chi connectivity index (χ0v) is 19.0. The van der Waals surface area contributed by atoms with E-state index in [-0.39, 0.29) is 11.8 Å². The van der Waals surface area contributed by atoms with E-state index in [1.165, 1.54) is 11.0 Å². The Morgan fingerprint density at radius 3 is 2.56 bits per heavy atom. The zero-order chi connectivity index (χ0) is 23.5. The van der Waals surface area contributed by atoms with Crippen LogP contribution in [0.5, 0.6) is 11.5 Å². The van der Waals surface area contributed by atoms with E-state index in [0.717, 1.165) is 23.3 Å². The van der Waals surface area contributed by atoms with Gasteiger partial charge < -0.3 is 18.9 Å². The number of para-hydroxylation sites is 5. The third-order valence-electron chi connectivity index (χ3n) is 6.17. The maximum absolute atomic E-state index is 14.4. The molecule has 7 heteroatoms. The summed E-state index contributed by atoms with van der Waals surface area (Å²) in [5.74, 6) is 1.67. The van der Waals surface area contributed by atoms with E-state index in [0.29, 0.717) is 43.3 Å². The van der Waals surface area contributed by atoms with Crippen molar-refractivity contribution in [2.75, 3.05) is 25.2 Å². The Morgan fingerprint density at radius 2 is 1.74 bits per heavy atom. The highest BCUT2D eigenvalue weighted by atomic mass is 19.1. The lowest BCUT2D eigenvalue weighted by Crippen LogP contribution is -2.25. The molecule has 34 heavy (non-hydrogen) atoms. The summed E-state index contributed by atoms with van der Waals surface area (Å²) in [5, 5.41) is 0. The number of hydrogen-bond donors (Lipinski definition) is 0. The molecule has 6 nitrogen and oxygen atoms in total. The lowest BCUT2D eigenvalue weighted by molar-refractivity contribution is -0.117. The van der Waals surface area contributed by atoms with Crippen LogP contribution in [-0.2, 0) is 11.3 Å². The Balaban J connectivity index is 1.35. The number of rotatable bonds is 8. The quantitative estimate of drug-likeness (QED) is 0.341. The molecule has 1 fully saturated rings. The highest BCUT2D eigenvalue weighted by Crippen LogP contribution is 2.34. The van der Waals surface area contributed by atoms with Gasteiger partial charge in [0.25, 0.3) is 0 Å². The van der Waals surface area contributed by atoms with Crippen molar-refractivity contribution in [3.63, 3.8) is 0 Å². The molecule has 0 radical (unpaired) electrons. The van der Waals surface area contributed by atoms with Crippen LogP contribution in [0.15, 0.2) is 72.8 Å². The average molecular weight is 460 g/mol. The van der Waals surface area contributed by atoms with Crippen molar-refractivity contribution in [1.29, 1.82) is 0 Å². The number of nitrogens with zero attached hydrogens (tertiary/aromatic N) is 3. The highest BCUT2D eigenvalue weighted by molar-refractivity contribution is 5.96. The van der Waals surface area contributed by atoms with Gasteiger partial charge in [-0.25, -0.2) is 9.37 Å². The first-order chi connectivity index (χ1) is 16.7. The van der Waals surface area contributed by atoms with E-state index in [2.05, 4.69) is 4.57 Å². The number of benzene rings is 3. The Bertz CT molecular complexity index is 1320. The van der Waals surface area contributed by atoms with Crippen molar-refractivity contribution >= 4 is 22.6 Å². The van der Waals surface area contributed by atoms with Crippen molar-refractivity contribution in [2.24, 2.45) is 0 Å². The van der Waals surface area contributed by atoms with Crippen molar-refractivity contribution in [3.05, 3.63) is 84.4 Å². The van der Waals surface area contributed by atoms with Gasteiger partial charge in [-0.15, -0.1) is 0 Å². The van der Waals surface area contributed by atoms with Crippen LogP contribution in [0.1, 0.15) is 24.6 Å². The van der Waals surface area contributed by atoms with Crippen LogP contribution >= 0.6 is 0 Å². The van der Waals surface area contributed by atoms with Crippen LogP contribution in [0.2, 0.25) is 0 Å². The molecular formula is C27H26FN3O3. The van der Waals surface area contributed by atoms with E-state index in [9.17, 15) is 9.18 Å². The average Bonchev–Trinajstić information content (AvgIpc) is 3.43. The summed E-state index contributed by atoms with van der Waals surface area (Å²) < 4.78 is 27.8. The molecule has 1 amide bonds. The fourth-order valence-electron chi connectivity index (χ4n) is 4.57. The van der Waals surface area contributed by atoms with Gasteiger partial charge in [0.1, 0.15) is 11.6 Å². The minimum atomic E-state index is -0.390. The van der Waals surface area contributed by atoms with Crippen LogP contribution in [0.3, 0.4) is 0 Å². The summed E-state index contributed by atoms with van der Waals surface area (Å²) in [6.45, 7) is 1.60. The maximum Gasteiger partial charge on any atom is 0.227 e. The summed E-state index contributed by atoms with van der Waals surface area (Å²) >= 11 is 0. The normalized spacial score (nSPS) is 15.8. The molecule has 1 aliphatic heterocycles. The topological polar surface area (TPSA) is 56.6 Å². The number of methoxy groups -OCH3 is 1. The van der Waals surface area contributed by atoms with Crippen LogP contribution in [-0.4, -0.2) is 35.7 Å². The Kier molecular flexibility index (Phi) is 6.16. The Hall–Kier alpha value is -3.87. The number of halogens is 1. The van der Waals surface area contributed by atoms with Crippen molar-refractivity contribution in [1.82, 2.24) is 9.55 Å². The number of carbonyl (C=O) groups is 1. The molecule has 4 aromatic rings. The van der Waals surface area contributed by atoms with Crippen LogP contribution in [0.4, 0.5) is 10.1 Å². The number of anilines is 1. The van der Waals surface area contributed by atoms with Crippen LogP contribution in [0.25, 0.3) is 11.0 Å². The number of ether oxygens (including phenoxy) is 2. The summed E-state index contributed by atoms with van der Waals surface area (Å²) in [5.41, 5.74) is 2.23. The fourth-order valence-corrected chi connectivity index (χ4v) is 4.57. The van der Waals surface area contributed by atoms with Gasteiger partial charge in [-0.3, -0.25) is 4.79 Å². The third kappa shape index (κ3) is 4.21. The van der Waals surface area contributed by atoms with Gasteiger partial charge in [0.15, 0.2) is 11.5 Å². The Morgan fingerprint density at radius 1 is 1.00 bits per heavy atom. The van der Waals surface area contributed by atoms with Crippen LogP contribution < -0.4 is 14.4 Å². The molecule has 1 atom stereocenters. The largest absolute Gasteiger partial charge is 0.493 e. The SMILES string of the molecule is COc1ccccc1OCCCn1c([C@@H]2CC(=O)N(c3ccccc3F)C2)nc2ccccc21. The smallest absolute Gasteiger partial charge is 0.227 e. The van der Waals surface area contributed by atoms with Crippen molar-refractivity contribution < 1.29 is 18.7 Å². The minimum Gasteiger partial charge on any atom is -0.493 e. The molecular weight excluding hydrogens is 433 g/mol. The molecule has 3 aromatic carbocycles. The molecule has 0 spiro atoms. The standard InChI is InChI=1S/C27H26FN3O3/c1-33-24-13-6-7-14-25(24)34-16-8-15-30-23-12-5-3-10-21(23)29-27(30)19-17-26(32)31(18-19)22-11-4-2-9-20(22)28/h2-7,9-14,19H,8,15-18H2,1H3/t19-/m1/s1. The van der Waals surface area contributed by atoms with Crippen LogP contribution in [0, 0.1) is 5.82 Å². The van der Waals surface area contributed by atoms with E-state index >= 15 is 0 Å². The number of imidazole rings is 1. The lowest BCUT2D eigenvalue weighted by Gasteiger charge is -2.18. The maximum atomic E-state index is 14.4. The third-order valence-corrected chi connectivity index (χ3v) is 6.17. The van der Waals surface area contributed by atoms with Gasteiger partial charge in [-0.2, -0.15) is 0 Å². The molecule has 1 saturated heterocycles. The summed E-state index contributed by atoms with van der Waals surface area (Å²) in [6.07, 6.45) is 1.05. The first-order valence-corrected chi connectivity index (χ1v) is 11.4. The fraction of sp³-hybridized carbons (Fsp3) is 0.259. The van der Waals surface area contributed by atoms with Gasteiger partial charge in [0.2, 0.25) is 5.91 Å². The number of aromatic nitrogens is 2. The molecule has 2 heterocycles. The van der Waals surface area contributed by atoms with Gasteiger partial charge >= 0.3 is 0 Å². The van der Waals surface area contributed by atoms with E-state index in [1.807, 2.05) is 48.5 Å². The summed E-state index contributed by atoms with van der Waals surface area (Å²) in [7, 11) is 1.62. The lowest BCUT2D eigenvalue weighted by atomic mass is 10.1. The molecule has 5 rings (SSSR count). The number of aryl methyl sites for hydroxylation is 1. The second-order valence-corrected chi connectivity index (χ2v) is 8.32. The van der Waals surface area contributed by atoms with E-state index in [1.54, 1.807) is 25.3 Å². The van der Waals surface area contributed by atoms with Gasteiger partial charge in [-0.05, 0) is 42.8 Å². The number of amides is 1. The predicted molar refractivity (Wildman–Crippen MR) is 129 cm³/mol. The predicted octanol–water partition coefficient (Wildman–Crippen LogP) is 5.17. The second kappa shape index (κ2) is 9.55. The van der Waals surface area contributed by atoms with Gasteiger partial charge in [0, 0.05) is 25.4 Å². The molecule has 1 aromatic heterocycles. The van der Waals surface area contributed by atoms with Crippen molar-refractivity contribution in [2.45, 2.75) is 25.3 Å². The molecule has 0 aliphatic carbocycles. The zero-order valence-electron chi connectivity index (χ0n) is 19.0. The highest BCUT2D eigenvalue weighted by Gasteiger charge is 2.35. The number of fused-ring (bicyclic) bond motifs is 1. The second-order valence-electron chi connectivity index (χ2n) is 8.32. The van der Waals surface area contributed by atoms with Crippen molar-refractivity contribution in [3.8, 4) is 11.5 Å². The number of carbonyl (C=O) groups excluding carboxylic acids is 1. The molecule has 0 saturated carbocycles. The molecule has 174 valence electrons.